The van der Waals surface area contributed by atoms with Crippen molar-refractivity contribution in [2.24, 2.45) is 0 Å². The molecule has 1 atom stereocenters. The second kappa shape index (κ2) is 22.8. The minimum Gasteiger partial charge on any atom is -0.508 e. The lowest BCUT2D eigenvalue weighted by atomic mass is 9.70. The van der Waals surface area contributed by atoms with Crippen LogP contribution in [0.1, 0.15) is 181 Å². The fourth-order valence-corrected chi connectivity index (χ4v) is 8.65. The van der Waals surface area contributed by atoms with E-state index in [0.29, 0.717) is 17.9 Å². The predicted octanol–water partition coefficient (Wildman–Crippen LogP) is 14.7. The van der Waals surface area contributed by atoms with Crippen molar-refractivity contribution >= 4 is 17.9 Å². The van der Waals surface area contributed by atoms with Gasteiger partial charge in [0.15, 0.2) is 5.78 Å². The number of aliphatic hydroxyl groups is 1. The molecule has 0 aliphatic carbocycles. The highest BCUT2D eigenvalue weighted by molar-refractivity contribution is 5.93. The molecule has 0 heterocycles. The van der Waals surface area contributed by atoms with Crippen LogP contribution in [0.3, 0.4) is 0 Å². The number of phenols is 2. The summed E-state index contributed by atoms with van der Waals surface area (Å²) in [5.41, 5.74) is 10.7. The average Bonchev–Trinajstić information content (AvgIpc) is 3.24. The molecular weight excluding hydrogens is 725 g/mol. The van der Waals surface area contributed by atoms with E-state index in [9.17, 15) is 20.1 Å². The maximum absolute atomic E-state index is 11.6. The van der Waals surface area contributed by atoms with Gasteiger partial charge in [0.25, 0.3) is 0 Å². The van der Waals surface area contributed by atoms with Crippen molar-refractivity contribution in [1.82, 2.24) is 0 Å². The van der Waals surface area contributed by atoms with Gasteiger partial charge in [0, 0.05) is 17.3 Å². The third kappa shape index (κ3) is 12.3. The minimum absolute atomic E-state index is 0.0753. The van der Waals surface area contributed by atoms with Crippen LogP contribution in [0.25, 0.3) is 12.2 Å². The number of phenolic OH excluding ortho intramolecular Hbond substituents is 2. The molecule has 0 saturated heterocycles. The molecule has 320 valence electrons. The zero-order valence-corrected chi connectivity index (χ0v) is 38.5. The molecule has 4 aromatic rings. The predicted molar refractivity (Wildman–Crippen MR) is 253 cm³/mol. The van der Waals surface area contributed by atoms with Crippen LogP contribution >= 0.6 is 0 Å². The van der Waals surface area contributed by atoms with Crippen LogP contribution in [0.15, 0.2) is 84.9 Å². The first-order valence-corrected chi connectivity index (χ1v) is 22.6. The Kier molecular flexibility index (Phi) is 18.9. The van der Waals surface area contributed by atoms with Crippen molar-refractivity contribution in [3.8, 4) is 11.5 Å². The van der Waals surface area contributed by atoms with Gasteiger partial charge in [-0.05, 0) is 140 Å². The van der Waals surface area contributed by atoms with Gasteiger partial charge in [-0.15, -0.1) is 0 Å². The standard InChI is InChI=1S/C31H46O2.C24H30O2/c1-7-11-12-13-14-20-30(33,8-2)21-19-26-15-16-27(22-24(26)5)31(9-3,10-4)28-17-18-29(32)25(6)23-28;1-6-22(25)13-10-19-9-11-20(15-17(19)4)24(7-2,8-3)21-12-14-23(26)18(5)16-21/h15-19,21-23,32-33H,7-14,20H2,1-6H3;9-16,26H,6-8H2,1-5H3/b21-19+;13-10+. The molecule has 1 unspecified atom stereocenters. The Morgan fingerprint density at radius 3 is 1.31 bits per heavy atom. The SMILES string of the molecule is CCC(=O)/C=C/c1ccc(C(CC)(CC)c2ccc(O)c(C)c2)cc1C.CCCCCCCC(O)(/C=C/c1ccc(C(CC)(CC)c2ccc(O)c(C)c2)cc1C)CC. The highest BCUT2D eigenvalue weighted by Crippen LogP contribution is 2.42. The van der Waals surface area contributed by atoms with E-state index >= 15 is 0 Å². The first-order valence-electron chi connectivity index (χ1n) is 22.6. The van der Waals surface area contributed by atoms with E-state index in [1.807, 2.05) is 45.1 Å². The summed E-state index contributed by atoms with van der Waals surface area (Å²) < 4.78 is 0. The Hall–Kier alpha value is -4.41. The van der Waals surface area contributed by atoms with E-state index < -0.39 is 5.60 Å². The molecule has 0 aromatic heterocycles. The summed E-state index contributed by atoms with van der Waals surface area (Å²) in [6, 6.07) is 25.3. The van der Waals surface area contributed by atoms with Gasteiger partial charge in [-0.3, -0.25) is 4.79 Å². The van der Waals surface area contributed by atoms with Crippen LogP contribution < -0.4 is 0 Å². The van der Waals surface area contributed by atoms with Crippen molar-refractivity contribution < 1.29 is 20.1 Å². The zero-order valence-electron chi connectivity index (χ0n) is 38.5. The minimum atomic E-state index is -0.725. The lowest BCUT2D eigenvalue weighted by Gasteiger charge is -2.34. The molecule has 0 fully saturated rings. The Morgan fingerprint density at radius 2 is 0.932 bits per heavy atom. The number of allylic oxidation sites excluding steroid dienone is 1. The molecule has 4 nitrogen and oxygen atoms in total. The Labute approximate surface area is 358 Å². The second-order valence-electron chi connectivity index (χ2n) is 16.8. The molecule has 3 N–H and O–H groups in total. The third-order valence-electron chi connectivity index (χ3n) is 13.3. The monoisotopic (exact) mass is 801 g/mol. The zero-order chi connectivity index (χ0) is 43.8. The quantitative estimate of drug-likeness (QED) is 0.0614. The van der Waals surface area contributed by atoms with E-state index in [1.54, 1.807) is 12.1 Å². The number of rotatable bonds is 20. The van der Waals surface area contributed by atoms with Gasteiger partial charge in [0.2, 0.25) is 0 Å². The first-order chi connectivity index (χ1) is 28.1. The summed E-state index contributed by atoms with van der Waals surface area (Å²) >= 11 is 0. The molecule has 0 aliphatic heterocycles. The number of carbonyl (C=O) groups excluding carboxylic acids is 1. The van der Waals surface area contributed by atoms with Crippen LogP contribution in [-0.2, 0) is 15.6 Å². The molecule has 0 bridgehead atoms. The summed E-state index contributed by atoms with van der Waals surface area (Å²) in [6.45, 7) is 23.3. The van der Waals surface area contributed by atoms with Crippen LogP contribution in [0.4, 0.5) is 0 Å². The smallest absolute Gasteiger partial charge is 0.155 e. The van der Waals surface area contributed by atoms with Gasteiger partial charge in [-0.1, -0.05) is 159 Å². The van der Waals surface area contributed by atoms with Gasteiger partial charge >= 0.3 is 0 Å². The van der Waals surface area contributed by atoms with E-state index in [0.717, 1.165) is 61.6 Å². The molecule has 4 heteroatoms. The molecule has 0 aliphatic rings. The van der Waals surface area contributed by atoms with Gasteiger partial charge in [0.05, 0.1) is 5.60 Å². The number of aryl methyl sites for hydroxylation is 4. The number of aromatic hydroxyl groups is 2. The van der Waals surface area contributed by atoms with Crippen molar-refractivity contribution in [2.75, 3.05) is 0 Å². The molecule has 4 rings (SSSR count). The second-order valence-corrected chi connectivity index (χ2v) is 16.8. The van der Waals surface area contributed by atoms with Crippen LogP contribution in [-0.4, -0.2) is 26.7 Å². The Bertz CT molecular complexity index is 2010. The first kappa shape index (κ1) is 49.0. The number of carbonyl (C=O) groups is 1. The van der Waals surface area contributed by atoms with Crippen LogP contribution in [0.2, 0.25) is 0 Å². The van der Waals surface area contributed by atoms with Crippen molar-refractivity contribution in [3.05, 3.63) is 141 Å². The highest BCUT2D eigenvalue weighted by Gasteiger charge is 2.32. The maximum atomic E-state index is 11.6. The van der Waals surface area contributed by atoms with Gasteiger partial charge in [-0.25, -0.2) is 0 Å². The lowest BCUT2D eigenvalue weighted by Crippen LogP contribution is -2.26. The summed E-state index contributed by atoms with van der Waals surface area (Å²) in [5, 5.41) is 31.0. The molecule has 59 heavy (non-hydrogen) atoms. The molecular formula is C55H76O4. The highest BCUT2D eigenvalue weighted by atomic mass is 16.3. The fraction of sp³-hybridized carbons (Fsp3) is 0.473. The van der Waals surface area contributed by atoms with Gasteiger partial charge in [0.1, 0.15) is 11.5 Å². The Balaban J connectivity index is 0.000000324. The van der Waals surface area contributed by atoms with Crippen LogP contribution in [0, 0.1) is 27.7 Å². The van der Waals surface area contributed by atoms with Crippen molar-refractivity contribution in [3.63, 3.8) is 0 Å². The molecule has 0 amide bonds. The largest absolute Gasteiger partial charge is 0.508 e. The Morgan fingerprint density at radius 1 is 0.525 bits per heavy atom. The number of hydrogen-bond acceptors (Lipinski definition) is 4. The number of benzene rings is 4. The summed E-state index contributed by atoms with van der Waals surface area (Å²) in [6.07, 6.45) is 19.8. The maximum Gasteiger partial charge on any atom is 0.155 e. The van der Waals surface area contributed by atoms with Crippen molar-refractivity contribution in [2.45, 2.75) is 170 Å². The molecule has 0 radical (unpaired) electrons. The molecule has 4 aromatic carbocycles. The van der Waals surface area contributed by atoms with E-state index in [-0.39, 0.29) is 16.6 Å². The van der Waals surface area contributed by atoms with Gasteiger partial charge in [-0.2, -0.15) is 0 Å². The van der Waals surface area contributed by atoms with E-state index in [1.165, 1.54) is 64.6 Å². The summed E-state index contributed by atoms with van der Waals surface area (Å²) in [4.78, 5) is 11.6. The topological polar surface area (TPSA) is 77.8 Å². The van der Waals surface area contributed by atoms with E-state index in [2.05, 4.69) is 116 Å². The average molecular weight is 801 g/mol. The van der Waals surface area contributed by atoms with Crippen LogP contribution in [0.5, 0.6) is 11.5 Å². The van der Waals surface area contributed by atoms with E-state index in [4.69, 9.17) is 0 Å². The number of hydrogen-bond donors (Lipinski definition) is 3. The lowest BCUT2D eigenvalue weighted by molar-refractivity contribution is -0.114. The third-order valence-corrected chi connectivity index (χ3v) is 13.3. The van der Waals surface area contributed by atoms with Crippen molar-refractivity contribution in [1.29, 1.82) is 0 Å². The fourth-order valence-electron chi connectivity index (χ4n) is 8.65. The number of ketones is 1. The normalized spacial score (nSPS) is 13.1. The molecule has 0 saturated carbocycles. The summed E-state index contributed by atoms with van der Waals surface area (Å²) in [7, 11) is 0. The van der Waals surface area contributed by atoms with Gasteiger partial charge < -0.3 is 15.3 Å². The molecule has 0 spiro atoms. The summed E-state index contributed by atoms with van der Waals surface area (Å²) in [5.74, 6) is 0.835. The number of unbranched alkanes of at least 4 members (excludes halogenated alkanes) is 4.